The first-order chi connectivity index (χ1) is 17.4. The van der Waals surface area contributed by atoms with Gasteiger partial charge in [-0.1, -0.05) is 36.6 Å². The summed E-state index contributed by atoms with van der Waals surface area (Å²) in [6, 6.07) is 15.0. The van der Waals surface area contributed by atoms with Gasteiger partial charge in [-0.25, -0.2) is 0 Å². The van der Waals surface area contributed by atoms with Crippen molar-refractivity contribution >= 4 is 29.0 Å². The van der Waals surface area contributed by atoms with Crippen LogP contribution in [-0.4, -0.2) is 33.9 Å². The predicted molar refractivity (Wildman–Crippen MR) is 135 cm³/mol. The summed E-state index contributed by atoms with van der Waals surface area (Å²) >= 11 is 0. The third kappa shape index (κ3) is 4.42. The second kappa shape index (κ2) is 9.81. The van der Waals surface area contributed by atoms with E-state index in [-0.39, 0.29) is 23.2 Å². The van der Waals surface area contributed by atoms with Crippen molar-refractivity contribution < 1.29 is 24.0 Å². The van der Waals surface area contributed by atoms with Gasteiger partial charge in [0.1, 0.15) is 12.0 Å². The average molecular weight is 486 g/mol. The van der Waals surface area contributed by atoms with E-state index in [1.807, 2.05) is 12.1 Å². The predicted octanol–water partition coefficient (Wildman–Crippen LogP) is 5.29. The van der Waals surface area contributed by atoms with Gasteiger partial charge in [-0.15, -0.1) is 0 Å². The number of anilines is 2. The number of carbonyl (C=O) groups excluding carboxylic acids is 3. The van der Waals surface area contributed by atoms with Crippen molar-refractivity contribution in [2.24, 2.45) is 5.92 Å². The van der Waals surface area contributed by atoms with Crippen LogP contribution in [0.15, 0.2) is 76.7 Å². The van der Waals surface area contributed by atoms with E-state index in [0.29, 0.717) is 22.6 Å². The summed E-state index contributed by atoms with van der Waals surface area (Å²) in [5, 5.41) is 17.6. The van der Waals surface area contributed by atoms with Crippen LogP contribution in [0.3, 0.4) is 0 Å². The van der Waals surface area contributed by atoms with Crippen LogP contribution in [0.25, 0.3) is 11.3 Å². The molecule has 8 nitrogen and oxygen atoms in total. The highest BCUT2D eigenvalue weighted by atomic mass is 16.5. The number of benzene rings is 2. The molecule has 5 rings (SSSR count). The van der Waals surface area contributed by atoms with E-state index in [2.05, 4.69) is 10.5 Å². The standard InChI is InChI=1S/C28H27N3O5/c1-17(32)29-21-11-7-20(8-12-21)26(33)24-25(19-5-3-2-4-6-19)31(28(35)27(24)34)22-13-9-18(10-14-22)23-15-16-36-30-23/h7-16,19,25,34H,2-6H2,1H3,(H,29,32). The zero-order valence-corrected chi connectivity index (χ0v) is 19.9. The molecular formula is C28H27N3O5. The van der Waals surface area contributed by atoms with Gasteiger partial charge in [0.15, 0.2) is 11.5 Å². The van der Waals surface area contributed by atoms with E-state index in [4.69, 9.17) is 4.52 Å². The Morgan fingerprint density at radius 2 is 1.69 bits per heavy atom. The van der Waals surface area contributed by atoms with E-state index < -0.39 is 17.7 Å². The van der Waals surface area contributed by atoms with Crippen LogP contribution in [0.5, 0.6) is 0 Å². The molecule has 2 aliphatic rings. The number of aliphatic hydroxyl groups is 1. The van der Waals surface area contributed by atoms with E-state index in [1.165, 1.54) is 13.2 Å². The van der Waals surface area contributed by atoms with E-state index in [1.54, 1.807) is 47.4 Å². The minimum Gasteiger partial charge on any atom is -0.503 e. The van der Waals surface area contributed by atoms with Gasteiger partial charge in [0, 0.05) is 35.5 Å². The fourth-order valence-corrected chi connectivity index (χ4v) is 5.26. The Kier molecular flexibility index (Phi) is 6.41. The van der Waals surface area contributed by atoms with Crippen LogP contribution in [0.1, 0.15) is 49.4 Å². The molecule has 1 aliphatic carbocycles. The summed E-state index contributed by atoms with van der Waals surface area (Å²) in [6.07, 6.45) is 6.39. The molecule has 36 heavy (non-hydrogen) atoms. The molecule has 3 aromatic rings. The maximum Gasteiger partial charge on any atom is 0.294 e. The number of nitrogens with zero attached hydrogens (tertiary/aromatic N) is 2. The molecule has 1 aliphatic heterocycles. The minimum atomic E-state index is -0.571. The Balaban J connectivity index is 1.50. The highest BCUT2D eigenvalue weighted by Crippen LogP contribution is 2.41. The van der Waals surface area contributed by atoms with Crippen LogP contribution in [0.4, 0.5) is 11.4 Å². The average Bonchev–Trinajstić information content (AvgIpc) is 3.52. The molecule has 1 unspecified atom stereocenters. The molecule has 2 N–H and O–H groups in total. The van der Waals surface area contributed by atoms with Crippen LogP contribution >= 0.6 is 0 Å². The summed E-state index contributed by atoms with van der Waals surface area (Å²) in [7, 11) is 0. The summed E-state index contributed by atoms with van der Waals surface area (Å²) in [4.78, 5) is 40.0. The van der Waals surface area contributed by atoms with Crippen LogP contribution in [0.2, 0.25) is 0 Å². The lowest BCUT2D eigenvalue weighted by atomic mass is 9.79. The SMILES string of the molecule is CC(=O)Nc1ccc(C(=O)C2=C(O)C(=O)N(c3ccc(-c4ccon4)cc3)C2C2CCCCC2)cc1. The Morgan fingerprint density at radius 1 is 1.00 bits per heavy atom. The number of Topliss-reactive ketones (excluding diaryl/α,β-unsaturated/α-hetero) is 1. The Bertz CT molecular complexity index is 1300. The topological polar surface area (TPSA) is 113 Å². The van der Waals surface area contributed by atoms with Crippen LogP contribution < -0.4 is 10.2 Å². The fourth-order valence-electron chi connectivity index (χ4n) is 5.26. The molecule has 1 fully saturated rings. The normalized spacial score (nSPS) is 18.5. The van der Waals surface area contributed by atoms with Gasteiger partial charge in [-0.3, -0.25) is 19.3 Å². The third-order valence-electron chi connectivity index (χ3n) is 6.94. The van der Waals surface area contributed by atoms with Crippen molar-refractivity contribution in [3.8, 4) is 11.3 Å². The first-order valence-electron chi connectivity index (χ1n) is 12.1. The molecule has 2 heterocycles. The van der Waals surface area contributed by atoms with E-state index in [0.717, 1.165) is 37.7 Å². The summed E-state index contributed by atoms with van der Waals surface area (Å²) < 4.78 is 4.92. The molecular weight excluding hydrogens is 458 g/mol. The maximum absolute atomic E-state index is 13.7. The van der Waals surface area contributed by atoms with Crippen molar-refractivity contribution in [1.82, 2.24) is 5.16 Å². The van der Waals surface area contributed by atoms with Crippen molar-refractivity contribution in [2.45, 2.75) is 45.1 Å². The molecule has 2 aromatic carbocycles. The van der Waals surface area contributed by atoms with Crippen LogP contribution in [-0.2, 0) is 9.59 Å². The minimum absolute atomic E-state index is 0.0557. The van der Waals surface area contributed by atoms with Crippen molar-refractivity contribution in [1.29, 1.82) is 0 Å². The third-order valence-corrected chi connectivity index (χ3v) is 6.94. The van der Waals surface area contributed by atoms with Crippen LogP contribution in [0, 0.1) is 5.92 Å². The first kappa shape index (κ1) is 23.5. The molecule has 1 aromatic heterocycles. The Morgan fingerprint density at radius 3 is 2.31 bits per heavy atom. The lowest BCUT2D eigenvalue weighted by Gasteiger charge is -2.35. The number of carbonyl (C=O) groups is 3. The summed E-state index contributed by atoms with van der Waals surface area (Å²) in [6.45, 7) is 1.41. The molecule has 0 saturated heterocycles. The lowest BCUT2D eigenvalue weighted by molar-refractivity contribution is -0.117. The van der Waals surface area contributed by atoms with Gasteiger partial charge in [-0.2, -0.15) is 0 Å². The molecule has 2 amide bonds. The zero-order chi connectivity index (χ0) is 25.2. The van der Waals surface area contributed by atoms with Gasteiger partial charge < -0.3 is 14.9 Å². The first-order valence-corrected chi connectivity index (χ1v) is 12.1. The summed E-state index contributed by atoms with van der Waals surface area (Å²) in [5.74, 6) is -1.61. The number of nitrogens with one attached hydrogen (secondary N) is 1. The van der Waals surface area contributed by atoms with Crippen molar-refractivity contribution in [3.63, 3.8) is 0 Å². The molecule has 0 bridgehead atoms. The van der Waals surface area contributed by atoms with E-state index >= 15 is 0 Å². The molecule has 184 valence electrons. The largest absolute Gasteiger partial charge is 0.503 e. The number of ketones is 1. The quantitative estimate of drug-likeness (QED) is 0.459. The number of amides is 2. The number of aromatic nitrogens is 1. The molecule has 0 radical (unpaired) electrons. The van der Waals surface area contributed by atoms with Gasteiger partial charge in [0.05, 0.1) is 11.6 Å². The van der Waals surface area contributed by atoms with E-state index in [9.17, 15) is 19.5 Å². The lowest BCUT2D eigenvalue weighted by Crippen LogP contribution is -2.42. The van der Waals surface area contributed by atoms with Gasteiger partial charge >= 0.3 is 0 Å². The van der Waals surface area contributed by atoms with Crippen molar-refractivity contribution in [2.75, 3.05) is 10.2 Å². The molecule has 8 heteroatoms. The van der Waals surface area contributed by atoms with Gasteiger partial charge in [0.2, 0.25) is 5.91 Å². The van der Waals surface area contributed by atoms with Gasteiger partial charge in [0.25, 0.3) is 5.91 Å². The molecule has 1 saturated carbocycles. The Labute approximate surface area is 208 Å². The second-order valence-electron chi connectivity index (χ2n) is 9.30. The monoisotopic (exact) mass is 485 g/mol. The van der Waals surface area contributed by atoms with Gasteiger partial charge in [-0.05, 0) is 55.2 Å². The Hall–Kier alpha value is -4.20. The molecule has 1 atom stereocenters. The molecule has 0 spiro atoms. The highest BCUT2D eigenvalue weighted by molar-refractivity contribution is 6.21. The fraction of sp³-hybridized carbons (Fsp3) is 0.286. The zero-order valence-electron chi connectivity index (χ0n) is 19.9. The number of rotatable bonds is 6. The smallest absolute Gasteiger partial charge is 0.294 e. The number of hydrogen-bond acceptors (Lipinski definition) is 6. The van der Waals surface area contributed by atoms with Crippen molar-refractivity contribution in [3.05, 3.63) is 77.8 Å². The summed E-state index contributed by atoms with van der Waals surface area (Å²) in [5.41, 5.74) is 3.18. The maximum atomic E-state index is 13.7. The number of hydrogen-bond donors (Lipinski definition) is 2. The highest BCUT2D eigenvalue weighted by Gasteiger charge is 2.47. The second-order valence-corrected chi connectivity index (χ2v) is 9.30. The number of aliphatic hydroxyl groups excluding tert-OH is 1.